The van der Waals surface area contributed by atoms with Gasteiger partial charge < -0.3 is 5.11 Å². The number of rotatable bonds is 6. The van der Waals surface area contributed by atoms with Crippen LogP contribution in [-0.4, -0.2) is 31.3 Å². The smallest absolute Gasteiger partial charge is 0.308 e. The Morgan fingerprint density at radius 1 is 1.47 bits per heavy atom. The van der Waals surface area contributed by atoms with Crippen molar-refractivity contribution in [1.29, 1.82) is 0 Å². The molecule has 6 heteroatoms. The van der Waals surface area contributed by atoms with Gasteiger partial charge in [0, 0.05) is 6.42 Å². The number of nitrogens with zero attached hydrogens (tertiary/aromatic N) is 4. The van der Waals surface area contributed by atoms with Gasteiger partial charge in [0.2, 0.25) is 0 Å². The molecule has 0 aromatic carbocycles. The first-order valence-corrected chi connectivity index (χ1v) is 6.83. The molecule has 6 nitrogen and oxygen atoms in total. The maximum Gasteiger partial charge on any atom is 0.308 e. The molecule has 0 amide bonds. The molecule has 19 heavy (non-hydrogen) atoms. The topological polar surface area (TPSA) is 80.9 Å². The second kappa shape index (κ2) is 5.27. The second-order valence-electron chi connectivity index (χ2n) is 6.72. The van der Waals surface area contributed by atoms with Crippen molar-refractivity contribution in [2.75, 3.05) is 0 Å². The van der Waals surface area contributed by atoms with E-state index in [1.165, 1.54) is 12.8 Å². The Bertz CT molecular complexity index is 446. The number of hydrogen-bond donors (Lipinski definition) is 1. The molecule has 106 valence electrons. The minimum atomic E-state index is -0.775. The summed E-state index contributed by atoms with van der Waals surface area (Å²) in [7, 11) is 0. The molecule has 1 unspecified atom stereocenters. The van der Waals surface area contributed by atoms with Crippen LogP contribution in [-0.2, 0) is 17.8 Å². The lowest BCUT2D eigenvalue weighted by atomic mass is 9.84. The highest BCUT2D eigenvalue weighted by Gasteiger charge is 2.28. The van der Waals surface area contributed by atoms with Gasteiger partial charge in [0.1, 0.15) is 0 Å². The summed E-state index contributed by atoms with van der Waals surface area (Å²) in [6, 6.07) is 0. The van der Waals surface area contributed by atoms with Crippen LogP contribution < -0.4 is 0 Å². The van der Waals surface area contributed by atoms with Crippen LogP contribution in [0.2, 0.25) is 0 Å². The average molecular weight is 266 g/mol. The zero-order valence-corrected chi connectivity index (χ0v) is 11.8. The molecule has 1 heterocycles. The zero-order chi connectivity index (χ0) is 14.0. The Hall–Kier alpha value is -1.46. The molecular weight excluding hydrogens is 244 g/mol. The maximum absolute atomic E-state index is 11.4. The summed E-state index contributed by atoms with van der Waals surface area (Å²) in [4.78, 5) is 11.4. The van der Waals surface area contributed by atoms with Crippen LogP contribution in [0.3, 0.4) is 0 Å². The largest absolute Gasteiger partial charge is 0.481 e. The number of carboxylic acids is 1. The van der Waals surface area contributed by atoms with E-state index in [1.807, 2.05) is 20.8 Å². The zero-order valence-electron chi connectivity index (χ0n) is 11.8. The predicted octanol–water partition coefficient (Wildman–Crippen LogP) is 1.76. The van der Waals surface area contributed by atoms with E-state index in [4.69, 9.17) is 0 Å². The fraction of sp³-hybridized carbons (Fsp3) is 0.846. The number of tetrazole rings is 1. The molecule has 1 aromatic rings. The first kappa shape index (κ1) is 14.0. The maximum atomic E-state index is 11.4. The highest BCUT2D eigenvalue weighted by atomic mass is 16.4. The van der Waals surface area contributed by atoms with Gasteiger partial charge in [0.25, 0.3) is 0 Å². The van der Waals surface area contributed by atoms with E-state index in [0.29, 0.717) is 18.9 Å². The summed E-state index contributed by atoms with van der Waals surface area (Å²) in [6.45, 7) is 6.51. The van der Waals surface area contributed by atoms with Crippen molar-refractivity contribution >= 4 is 5.97 Å². The summed E-state index contributed by atoms with van der Waals surface area (Å²) in [5, 5.41) is 21.0. The summed E-state index contributed by atoms with van der Waals surface area (Å²) in [6.07, 6.45) is 3.95. The quantitative estimate of drug-likeness (QED) is 0.848. The van der Waals surface area contributed by atoms with Crippen molar-refractivity contribution < 1.29 is 9.90 Å². The van der Waals surface area contributed by atoms with Crippen molar-refractivity contribution in [3.63, 3.8) is 0 Å². The molecule has 1 aromatic heterocycles. The fourth-order valence-corrected chi connectivity index (χ4v) is 2.27. The summed E-state index contributed by atoms with van der Waals surface area (Å²) >= 11 is 0. The fourth-order valence-electron chi connectivity index (χ4n) is 2.27. The number of aromatic nitrogens is 4. The van der Waals surface area contributed by atoms with Gasteiger partial charge in [-0.05, 0) is 41.0 Å². The van der Waals surface area contributed by atoms with Gasteiger partial charge in [0.05, 0.1) is 12.5 Å². The Morgan fingerprint density at radius 3 is 2.68 bits per heavy atom. The molecule has 1 aliphatic rings. The van der Waals surface area contributed by atoms with Crippen molar-refractivity contribution in [3.05, 3.63) is 5.82 Å². The normalized spacial score (nSPS) is 17.4. The van der Waals surface area contributed by atoms with E-state index in [9.17, 15) is 9.90 Å². The van der Waals surface area contributed by atoms with Gasteiger partial charge in [0.15, 0.2) is 5.82 Å². The predicted molar refractivity (Wildman–Crippen MR) is 69.4 cm³/mol. The number of carboxylic acid groups (broad SMARTS) is 1. The molecule has 1 aliphatic carbocycles. The Morgan fingerprint density at radius 2 is 2.16 bits per heavy atom. The third kappa shape index (κ3) is 4.29. The minimum Gasteiger partial charge on any atom is -0.481 e. The molecule has 0 radical (unpaired) electrons. The van der Waals surface area contributed by atoms with E-state index in [-0.39, 0.29) is 5.41 Å². The standard InChI is InChI=1S/C13H22N4O2/c1-13(2,3)7-10(12(18)19)8-17-11(14-15-16-17)6-9-4-5-9/h9-10H,4-8H2,1-3H3,(H,18,19). The minimum absolute atomic E-state index is 0.0201. The highest BCUT2D eigenvalue weighted by molar-refractivity contribution is 5.69. The van der Waals surface area contributed by atoms with E-state index in [2.05, 4.69) is 15.5 Å². The number of carbonyl (C=O) groups is 1. The Balaban J connectivity index is 2.03. The van der Waals surface area contributed by atoms with Crippen molar-refractivity contribution in [2.24, 2.45) is 17.3 Å². The monoisotopic (exact) mass is 266 g/mol. The van der Waals surface area contributed by atoms with Crippen LogP contribution in [0.4, 0.5) is 0 Å². The molecule has 1 N–H and O–H groups in total. The molecule has 1 saturated carbocycles. The van der Waals surface area contributed by atoms with Crippen LogP contribution >= 0.6 is 0 Å². The van der Waals surface area contributed by atoms with Gasteiger partial charge in [-0.25, -0.2) is 4.68 Å². The van der Waals surface area contributed by atoms with Crippen molar-refractivity contribution in [2.45, 2.75) is 53.0 Å². The Kier molecular flexibility index (Phi) is 3.87. The number of aliphatic carboxylic acids is 1. The lowest BCUT2D eigenvalue weighted by Crippen LogP contribution is -2.26. The van der Waals surface area contributed by atoms with E-state index in [1.54, 1.807) is 4.68 Å². The first-order valence-electron chi connectivity index (χ1n) is 6.83. The van der Waals surface area contributed by atoms with E-state index < -0.39 is 11.9 Å². The van der Waals surface area contributed by atoms with Crippen molar-refractivity contribution in [1.82, 2.24) is 20.2 Å². The Labute approximate surface area is 113 Å². The van der Waals surface area contributed by atoms with Gasteiger partial charge in [-0.15, -0.1) is 5.10 Å². The molecule has 1 fully saturated rings. The third-order valence-corrected chi connectivity index (χ3v) is 3.38. The third-order valence-electron chi connectivity index (χ3n) is 3.38. The van der Waals surface area contributed by atoms with Crippen LogP contribution in [0.15, 0.2) is 0 Å². The molecule has 0 aliphatic heterocycles. The molecule has 0 saturated heterocycles. The van der Waals surface area contributed by atoms with Gasteiger partial charge in [-0.1, -0.05) is 20.8 Å². The van der Waals surface area contributed by atoms with Crippen LogP contribution in [0.5, 0.6) is 0 Å². The van der Waals surface area contributed by atoms with Crippen LogP contribution in [0.1, 0.15) is 45.9 Å². The summed E-state index contributed by atoms with van der Waals surface area (Å²) in [5.41, 5.74) is -0.0201. The van der Waals surface area contributed by atoms with E-state index in [0.717, 1.165) is 12.2 Å². The molecule has 2 rings (SSSR count). The van der Waals surface area contributed by atoms with E-state index >= 15 is 0 Å². The summed E-state index contributed by atoms with van der Waals surface area (Å²) < 4.78 is 1.67. The average Bonchev–Trinajstić information content (AvgIpc) is 2.97. The van der Waals surface area contributed by atoms with Crippen LogP contribution in [0, 0.1) is 17.3 Å². The molecule has 1 atom stereocenters. The number of hydrogen-bond acceptors (Lipinski definition) is 4. The molecule has 0 spiro atoms. The highest BCUT2D eigenvalue weighted by Crippen LogP contribution is 2.32. The summed E-state index contributed by atoms with van der Waals surface area (Å²) in [5.74, 6) is 0.294. The molecular formula is C13H22N4O2. The molecule has 0 bridgehead atoms. The lowest BCUT2D eigenvalue weighted by Gasteiger charge is -2.23. The SMILES string of the molecule is CC(C)(C)CC(Cn1nnnc1CC1CC1)C(=O)O. The van der Waals surface area contributed by atoms with Gasteiger partial charge >= 0.3 is 5.97 Å². The van der Waals surface area contributed by atoms with Crippen molar-refractivity contribution in [3.8, 4) is 0 Å². The van der Waals surface area contributed by atoms with Gasteiger partial charge in [-0.3, -0.25) is 4.79 Å². The second-order valence-corrected chi connectivity index (χ2v) is 6.72. The van der Waals surface area contributed by atoms with Crippen LogP contribution in [0.25, 0.3) is 0 Å². The first-order chi connectivity index (χ1) is 8.85. The van der Waals surface area contributed by atoms with Gasteiger partial charge in [-0.2, -0.15) is 0 Å². The lowest BCUT2D eigenvalue weighted by molar-refractivity contribution is -0.143.